The highest BCUT2D eigenvalue weighted by atomic mass is 16.6. The number of carboxylic acids is 1. The highest BCUT2D eigenvalue weighted by molar-refractivity contribution is 6.01. The van der Waals surface area contributed by atoms with Gasteiger partial charge in [-0.25, -0.2) is 19.4 Å². The van der Waals surface area contributed by atoms with E-state index >= 15 is 0 Å². The summed E-state index contributed by atoms with van der Waals surface area (Å²) in [5, 5.41) is 14.3. The number of nitrogens with zero attached hydrogens (tertiary/aromatic N) is 1. The third-order valence-corrected chi connectivity index (χ3v) is 4.89. The lowest BCUT2D eigenvalue weighted by Crippen LogP contribution is -2.45. The minimum Gasteiger partial charge on any atom is -0.478 e. The number of carboxylic acid groups (broad SMARTS) is 1. The van der Waals surface area contributed by atoms with E-state index in [4.69, 9.17) is 9.47 Å². The molecule has 0 aromatic heterocycles. The number of alkyl carbamates (subject to hydrolysis) is 2. The van der Waals surface area contributed by atoms with Crippen molar-refractivity contribution < 1.29 is 29.0 Å². The molecule has 9 nitrogen and oxygen atoms in total. The van der Waals surface area contributed by atoms with Gasteiger partial charge in [0.15, 0.2) is 0 Å². The number of aliphatic imine (C=N–C) groups is 1. The smallest absolute Gasteiger partial charge is 0.414 e. The van der Waals surface area contributed by atoms with Crippen LogP contribution < -0.4 is 10.6 Å². The molecule has 3 rings (SSSR count). The van der Waals surface area contributed by atoms with E-state index in [2.05, 4.69) is 15.6 Å². The molecule has 0 unspecified atom stereocenters. The minimum absolute atomic E-state index is 0.0477. The largest absolute Gasteiger partial charge is 0.478 e. The van der Waals surface area contributed by atoms with Crippen LogP contribution in [0.3, 0.4) is 0 Å². The van der Waals surface area contributed by atoms with Crippen LogP contribution in [0, 0.1) is 0 Å². The number of nitrogens with one attached hydrogen (secondary N) is 2. The maximum Gasteiger partial charge on any atom is 0.414 e. The Hall–Kier alpha value is -4.66. The van der Waals surface area contributed by atoms with Gasteiger partial charge in [0.05, 0.1) is 11.1 Å². The van der Waals surface area contributed by atoms with Crippen LogP contribution in [0.15, 0.2) is 83.9 Å². The lowest BCUT2D eigenvalue weighted by Gasteiger charge is -2.17. The van der Waals surface area contributed by atoms with Crippen LogP contribution in [0.1, 0.15) is 42.3 Å². The average molecular weight is 504 g/mol. The molecule has 0 bridgehead atoms. The van der Waals surface area contributed by atoms with E-state index in [9.17, 15) is 19.5 Å². The van der Waals surface area contributed by atoms with Crippen LogP contribution in [-0.4, -0.2) is 34.8 Å². The number of aromatic carboxylic acids is 1. The van der Waals surface area contributed by atoms with E-state index in [0.717, 1.165) is 11.1 Å². The molecule has 0 saturated carbocycles. The molecule has 9 heteroatoms. The van der Waals surface area contributed by atoms with Gasteiger partial charge in [0.1, 0.15) is 13.2 Å². The van der Waals surface area contributed by atoms with Crippen LogP contribution in [0.5, 0.6) is 0 Å². The van der Waals surface area contributed by atoms with Gasteiger partial charge in [-0.1, -0.05) is 72.8 Å². The van der Waals surface area contributed by atoms with E-state index in [1.807, 2.05) is 30.3 Å². The quantitative estimate of drug-likeness (QED) is 0.307. The number of rotatable bonds is 6. The van der Waals surface area contributed by atoms with Gasteiger partial charge in [0.2, 0.25) is 5.96 Å². The van der Waals surface area contributed by atoms with Crippen molar-refractivity contribution in [1.29, 1.82) is 0 Å². The van der Waals surface area contributed by atoms with Gasteiger partial charge in [-0.2, -0.15) is 0 Å². The molecule has 3 N–H and O–H groups in total. The molecule has 0 saturated heterocycles. The molecular formula is C28H29N3O6. The van der Waals surface area contributed by atoms with Crippen molar-refractivity contribution in [3.63, 3.8) is 0 Å². The molecule has 0 aliphatic heterocycles. The second-order valence-electron chi connectivity index (χ2n) is 9.07. The second kappa shape index (κ2) is 12.3. The Morgan fingerprint density at radius 2 is 1.27 bits per heavy atom. The van der Waals surface area contributed by atoms with Crippen molar-refractivity contribution in [2.75, 3.05) is 0 Å². The number of hydrogen-bond donors (Lipinski definition) is 3. The molecule has 0 fully saturated rings. The number of amides is 2. The first-order valence-corrected chi connectivity index (χ1v) is 11.5. The molecule has 0 aliphatic carbocycles. The summed E-state index contributed by atoms with van der Waals surface area (Å²) in [6.07, 6.45) is -1.59. The number of ether oxygens (including phenoxy) is 2. The van der Waals surface area contributed by atoms with Crippen molar-refractivity contribution >= 4 is 24.1 Å². The minimum atomic E-state index is -1.01. The first-order chi connectivity index (χ1) is 17.6. The summed E-state index contributed by atoms with van der Waals surface area (Å²) in [5.74, 6) is -1.11. The topological polar surface area (TPSA) is 126 Å². The third-order valence-electron chi connectivity index (χ3n) is 4.89. The molecule has 3 aromatic rings. The van der Waals surface area contributed by atoms with Crippen LogP contribution in [0.25, 0.3) is 11.1 Å². The van der Waals surface area contributed by atoms with Crippen LogP contribution >= 0.6 is 0 Å². The predicted molar refractivity (Wildman–Crippen MR) is 139 cm³/mol. The van der Waals surface area contributed by atoms with Gasteiger partial charge in [0.25, 0.3) is 0 Å². The lowest BCUT2D eigenvalue weighted by molar-refractivity contribution is 0.0697. The first kappa shape index (κ1) is 26.9. The average Bonchev–Trinajstić information content (AvgIpc) is 2.86. The Labute approximate surface area is 215 Å². The number of benzene rings is 3. The van der Waals surface area contributed by atoms with E-state index in [0.29, 0.717) is 11.1 Å². The molecule has 37 heavy (non-hydrogen) atoms. The van der Waals surface area contributed by atoms with Crippen LogP contribution in [0.2, 0.25) is 0 Å². The summed E-state index contributed by atoms with van der Waals surface area (Å²) in [6.45, 7) is 5.43. The maximum absolute atomic E-state index is 12.4. The number of carbonyl (C=O) groups excluding carboxylic acids is 2. The lowest BCUT2D eigenvalue weighted by atomic mass is 9.99. The Morgan fingerprint density at radius 3 is 1.81 bits per heavy atom. The molecule has 0 heterocycles. The van der Waals surface area contributed by atoms with Crippen molar-refractivity contribution in [2.24, 2.45) is 4.99 Å². The fraction of sp³-hybridized carbons (Fsp3) is 0.214. The van der Waals surface area contributed by atoms with Crippen molar-refractivity contribution in [3.05, 3.63) is 95.6 Å². The van der Waals surface area contributed by atoms with Crippen LogP contribution in [0.4, 0.5) is 9.59 Å². The molecule has 3 aromatic carbocycles. The summed E-state index contributed by atoms with van der Waals surface area (Å²) in [4.78, 5) is 40.4. The van der Waals surface area contributed by atoms with E-state index in [-0.39, 0.29) is 24.7 Å². The molecule has 0 spiro atoms. The van der Waals surface area contributed by atoms with Gasteiger partial charge in [-0.3, -0.25) is 10.6 Å². The standard InChI is InChI=1S/C28H29N3O6/c1-28(2,3)31-25(29-26(34)36-17-19-9-5-4-6-10-19)30-27(35)37-18-20-13-15-21(16-14-20)22-11-7-8-12-23(22)24(32)33/h4-16H,17-18H2,1-3H3,(H,32,33)(H2,29,30,31,34,35). The molecule has 0 radical (unpaired) electrons. The van der Waals surface area contributed by atoms with Gasteiger partial charge in [-0.05, 0) is 49.1 Å². The molecule has 0 aliphatic rings. The molecule has 2 amide bonds. The van der Waals surface area contributed by atoms with E-state index in [1.165, 1.54) is 0 Å². The zero-order valence-corrected chi connectivity index (χ0v) is 20.9. The second-order valence-corrected chi connectivity index (χ2v) is 9.07. The molecule has 192 valence electrons. The fourth-order valence-corrected chi connectivity index (χ4v) is 3.26. The Bertz CT molecular complexity index is 1270. The Kier molecular flexibility index (Phi) is 8.99. The zero-order valence-electron chi connectivity index (χ0n) is 20.9. The van der Waals surface area contributed by atoms with Crippen molar-refractivity contribution in [2.45, 2.75) is 39.5 Å². The molecular weight excluding hydrogens is 474 g/mol. The highest BCUT2D eigenvalue weighted by Crippen LogP contribution is 2.24. The summed E-state index contributed by atoms with van der Waals surface area (Å²) in [6, 6.07) is 22.9. The fourth-order valence-electron chi connectivity index (χ4n) is 3.26. The number of hydrogen-bond acceptors (Lipinski definition) is 6. The van der Waals surface area contributed by atoms with Gasteiger partial charge >= 0.3 is 18.2 Å². The van der Waals surface area contributed by atoms with Crippen molar-refractivity contribution in [1.82, 2.24) is 10.6 Å². The zero-order chi connectivity index (χ0) is 26.8. The van der Waals surface area contributed by atoms with Gasteiger partial charge < -0.3 is 14.6 Å². The monoisotopic (exact) mass is 503 g/mol. The van der Waals surface area contributed by atoms with Gasteiger partial charge in [-0.15, -0.1) is 0 Å². The Morgan fingerprint density at radius 1 is 0.757 bits per heavy atom. The van der Waals surface area contributed by atoms with Crippen LogP contribution in [-0.2, 0) is 22.7 Å². The van der Waals surface area contributed by atoms with Gasteiger partial charge in [0, 0.05) is 0 Å². The molecule has 0 atom stereocenters. The van der Waals surface area contributed by atoms with E-state index in [1.54, 1.807) is 69.3 Å². The SMILES string of the molecule is CC(C)(C)N=C(NC(=O)OCc1ccccc1)NC(=O)OCc1ccc(-c2ccccc2C(=O)O)cc1. The highest BCUT2D eigenvalue weighted by Gasteiger charge is 2.17. The summed E-state index contributed by atoms with van der Waals surface area (Å²) >= 11 is 0. The summed E-state index contributed by atoms with van der Waals surface area (Å²) in [7, 11) is 0. The third kappa shape index (κ3) is 8.81. The van der Waals surface area contributed by atoms with Crippen molar-refractivity contribution in [3.8, 4) is 11.1 Å². The predicted octanol–water partition coefficient (Wildman–Crippen LogP) is 5.36. The maximum atomic E-state index is 12.4. The normalized spacial score (nSPS) is 11.4. The Balaban J connectivity index is 1.57. The number of carbonyl (C=O) groups is 3. The number of guanidine groups is 1. The van der Waals surface area contributed by atoms with E-state index < -0.39 is 23.7 Å². The summed E-state index contributed by atoms with van der Waals surface area (Å²) < 4.78 is 10.5. The summed E-state index contributed by atoms with van der Waals surface area (Å²) in [5.41, 5.74) is 2.43. The first-order valence-electron chi connectivity index (χ1n) is 11.5.